The number of hydrogen-bond donors (Lipinski definition) is 2. The number of fused-ring (bicyclic) bond motifs is 2. The number of benzene rings is 1. The second kappa shape index (κ2) is 5.98. The molecular formula is C20H19N5O. The van der Waals surface area contributed by atoms with Gasteiger partial charge in [-0.25, -0.2) is 0 Å². The van der Waals surface area contributed by atoms with Crippen molar-refractivity contribution in [3.63, 3.8) is 0 Å². The Hall–Kier alpha value is -3.15. The first kappa shape index (κ1) is 15.1. The number of rotatable bonds is 3. The molecule has 1 fully saturated rings. The van der Waals surface area contributed by atoms with E-state index in [2.05, 4.69) is 20.5 Å². The van der Waals surface area contributed by atoms with Gasteiger partial charge in [0.25, 0.3) is 5.56 Å². The van der Waals surface area contributed by atoms with E-state index in [1.807, 2.05) is 47.2 Å². The summed E-state index contributed by atoms with van der Waals surface area (Å²) < 4.78 is 1.91. The molecule has 1 saturated carbocycles. The van der Waals surface area contributed by atoms with E-state index < -0.39 is 0 Å². The lowest BCUT2D eigenvalue weighted by Crippen LogP contribution is -2.22. The van der Waals surface area contributed by atoms with Crippen molar-refractivity contribution < 1.29 is 0 Å². The maximum absolute atomic E-state index is 12.8. The van der Waals surface area contributed by atoms with Gasteiger partial charge in [-0.05, 0) is 54.6 Å². The summed E-state index contributed by atoms with van der Waals surface area (Å²) in [5, 5.41) is 12.2. The molecule has 0 saturated heterocycles. The molecule has 6 heteroatoms. The molecule has 4 aromatic rings. The highest BCUT2D eigenvalue weighted by Crippen LogP contribution is 2.29. The Balaban J connectivity index is 1.52. The maximum Gasteiger partial charge on any atom is 0.258 e. The topological polar surface area (TPSA) is 75.6 Å². The molecule has 3 aromatic heterocycles. The summed E-state index contributed by atoms with van der Waals surface area (Å²) in [4.78, 5) is 17.2. The summed E-state index contributed by atoms with van der Waals surface area (Å²) >= 11 is 0. The standard InChI is InChI=1S/C20H19N5O/c26-20-16-8-7-14(22-19-18-17(23-24-19)6-3-10-21-18)12-13(16)9-11-25(20)15-4-1-2-5-15/h3,6-12,15H,1-2,4-5H2,(H2,22,23,24). The normalized spacial score (nSPS) is 15.1. The van der Waals surface area contributed by atoms with Crippen molar-refractivity contribution >= 4 is 33.3 Å². The molecule has 6 nitrogen and oxygen atoms in total. The van der Waals surface area contributed by atoms with E-state index in [9.17, 15) is 4.79 Å². The average molecular weight is 345 g/mol. The predicted octanol–water partition coefficient (Wildman–Crippen LogP) is 4.13. The van der Waals surface area contributed by atoms with Crippen molar-refractivity contribution in [1.82, 2.24) is 19.7 Å². The van der Waals surface area contributed by atoms with Crippen LogP contribution in [0.5, 0.6) is 0 Å². The van der Waals surface area contributed by atoms with Gasteiger partial charge in [0.15, 0.2) is 5.82 Å². The number of aromatic amines is 1. The number of nitrogens with one attached hydrogen (secondary N) is 2. The van der Waals surface area contributed by atoms with Gasteiger partial charge in [-0.15, -0.1) is 0 Å². The molecule has 130 valence electrons. The number of aromatic nitrogens is 4. The minimum atomic E-state index is 0.104. The van der Waals surface area contributed by atoms with E-state index in [4.69, 9.17) is 0 Å². The molecule has 1 aliphatic carbocycles. The molecule has 0 bridgehead atoms. The smallest absolute Gasteiger partial charge is 0.258 e. The molecule has 5 rings (SSSR count). The molecule has 0 spiro atoms. The van der Waals surface area contributed by atoms with Crippen molar-refractivity contribution in [3.8, 4) is 0 Å². The van der Waals surface area contributed by atoms with E-state index >= 15 is 0 Å². The first-order chi connectivity index (χ1) is 12.8. The van der Waals surface area contributed by atoms with Gasteiger partial charge < -0.3 is 9.88 Å². The van der Waals surface area contributed by atoms with Gasteiger partial charge in [-0.2, -0.15) is 5.10 Å². The van der Waals surface area contributed by atoms with Gasteiger partial charge in [0.05, 0.1) is 5.52 Å². The lowest BCUT2D eigenvalue weighted by atomic mass is 10.1. The molecule has 1 aliphatic rings. The fourth-order valence-corrected chi connectivity index (χ4v) is 3.89. The number of H-pyrrole nitrogens is 1. The van der Waals surface area contributed by atoms with Crippen LogP contribution in [0.15, 0.2) is 53.6 Å². The molecule has 3 heterocycles. The second-order valence-electron chi connectivity index (χ2n) is 6.87. The van der Waals surface area contributed by atoms with Crippen molar-refractivity contribution in [2.24, 2.45) is 0 Å². The lowest BCUT2D eigenvalue weighted by Gasteiger charge is -2.14. The number of nitrogens with zero attached hydrogens (tertiary/aromatic N) is 3. The number of pyridine rings is 2. The highest BCUT2D eigenvalue weighted by molar-refractivity contribution is 5.90. The monoisotopic (exact) mass is 345 g/mol. The summed E-state index contributed by atoms with van der Waals surface area (Å²) in [5.41, 5.74) is 2.67. The molecule has 0 amide bonds. The molecule has 2 N–H and O–H groups in total. The fourth-order valence-electron chi connectivity index (χ4n) is 3.89. The minimum absolute atomic E-state index is 0.104. The van der Waals surface area contributed by atoms with Crippen LogP contribution < -0.4 is 10.9 Å². The Labute approximate surface area is 149 Å². The SMILES string of the molecule is O=c1c2ccc(Nc3n[nH]c4cccnc34)cc2ccn1C1CCCC1. The van der Waals surface area contributed by atoms with E-state index in [-0.39, 0.29) is 5.56 Å². The largest absolute Gasteiger partial charge is 0.337 e. The van der Waals surface area contributed by atoms with Crippen LogP contribution >= 0.6 is 0 Å². The highest BCUT2D eigenvalue weighted by Gasteiger charge is 2.18. The molecule has 1 aromatic carbocycles. The summed E-state index contributed by atoms with van der Waals surface area (Å²) in [6.45, 7) is 0. The maximum atomic E-state index is 12.8. The van der Waals surface area contributed by atoms with Gasteiger partial charge in [0, 0.05) is 29.5 Å². The van der Waals surface area contributed by atoms with Crippen molar-refractivity contribution in [2.75, 3.05) is 5.32 Å². The van der Waals surface area contributed by atoms with Crippen LogP contribution in [-0.2, 0) is 0 Å². The van der Waals surface area contributed by atoms with E-state index in [0.29, 0.717) is 11.9 Å². The third kappa shape index (κ3) is 2.45. The predicted molar refractivity (Wildman–Crippen MR) is 103 cm³/mol. The zero-order chi connectivity index (χ0) is 17.5. The summed E-state index contributed by atoms with van der Waals surface area (Å²) in [5.74, 6) is 0.680. The zero-order valence-corrected chi connectivity index (χ0v) is 14.3. The quantitative estimate of drug-likeness (QED) is 0.585. The van der Waals surface area contributed by atoms with E-state index in [0.717, 1.165) is 40.3 Å². The fraction of sp³-hybridized carbons (Fsp3) is 0.250. The van der Waals surface area contributed by atoms with Crippen LogP contribution in [0.2, 0.25) is 0 Å². The van der Waals surface area contributed by atoms with Gasteiger partial charge >= 0.3 is 0 Å². The van der Waals surface area contributed by atoms with Crippen LogP contribution in [0.3, 0.4) is 0 Å². The lowest BCUT2D eigenvalue weighted by molar-refractivity contribution is 0.505. The molecule has 0 aliphatic heterocycles. The highest BCUT2D eigenvalue weighted by atomic mass is 16.1. The van der Waals surface area contributed by atoms with Gasteiger partial charge in [0.2, 0.25) is 0 Å². The Morgan fingerprint density at radius 2 is 2.04 bits per heavy atom. The van der Waals surface area contributed by atoms with Crippen molar-refractivity contribution in [2.45, 2.75) is 31.7 Å². The molecule has 0 atom stereocenters. The van der Waals surface area contributed by atoms with Crippen LogP contribution in [0, 0.1) is 0 Å². The van der Waals surface area contributed by atoms with Crippen LogP contribution in [0.1, 0.15) is 31.7 Å². The Bertz CT molecular complexity index is 1150. The Kier molecular flexibility index (Phi) is 3.48. The van der Waals surface area contributed by atoms with Crippen LogP contribution in [0.4, 0.5) is 11.5 Å². The molecular weight excluding hydrogens is 326 g/mol. The minimum Gasteiger partial charge on any atom is -0.337 e. The van der Waals surface area contributed by atoms with E-state index in [1.54, 1.807) is 6.20 Å². The number of anilines is 2. The molecule has 26 heavy (non-hydrogen) atoms. The summed E-state index contributed by atoms with van der Waals surface area (Å²) in [7, 11) is 0. The van der Waals surface area contributed by atoms with Crippen molar-refractivity contribution in [1.29, 1.82) is 0 Å². The van der Waals surface area contributed by atoms with Crippen LogP contribution in [-0.4, -0.2) is 19.7 Å². The van der Waals surface area contributed by atoms with Crippen LogP contribution in [0.25, 0.3) is 21.8 Å². The zero-order valence-electron chi connectivity index (χ0n) is 14.3. The van der Waals surface area contributed by atoms with E-state index in [1.165, 1.54) is 12.8 Å². The number of hydrogen-bond acceptors (Lipinski definition) is 4. The second-order valence-corrected chi connectivity index (χ2v) is 6.87. The van der Waals surface area contributed by atoms with Gasteiger partial charge in [-0.3, -0.25) is 14.9 Å². The average Bonchev–Trinajstić information content (AvgIpc) is 3.33. The summed E-state index contributed by atoms with van der Waals surface area (Å²) in [6.07, 6.45) is 8.31. The van der Waals surface area contributed by atoms with Gasteiger partial charge in [-0.1, -0.05) is 12.8 Å². The third-order valence-corrected chi connectivity index (χ3v) is 5.23. The first-order valence-corrected chi connectivity index (χ1v) is 9.01. The van der Waals surface area contributed by atoms with Crippen molar-refractivity contribution in [3.05, 3.63) is 59.1 Å². The van der Waals surface area contributed by atoms with Gasteiger partial charge in [0.1, 0.15) is 5.52 Å². The molecule has 0 unspecified atom stereocenters. The Morgan fingerprint density at radius 3 is 2.92 bits per heavy atom. The Morgan fingerprint density at radius 1 is 1.15 bits per heavy atom. The first-order valence-electron chi connectivity index (χ1n) is 9.01. The third-order valence-electron chi connectivity index (χ3n) is 5.23. The molecule has 0 radical (unpaired) electrons. The summed E-state index contributed by atoms with van der Waals surface area (Å²) in [6, 6.07) is 12.0.